The molecule has 0 spiro atoms. The normalized spacial score (nSPS) is 14.7. The number of nitrogens with one attached hydrogen (secondary N) is 2. The third-order valence-electron chi connectivity index (χ3n) is 1.57. The van der Waals surface area contributed by atoms with Crippen molar-refractivity contribution in [3.63, 3.8) is 0 Å². The summed E-state index contributed by atoms with van der Waals surface area (Å²) in [6, 6.07) is 7.43. The number of anilines is 1. The van der Waals surface area contributed by atoms with Crippen LogP contribution in [0.5, 0.6) is 0 Å². The van der Waals surface area contributed by atoms with Gasteiger partial charge in [0.2, 0.25) is 0 Å². The molecule has 1 aliphatic heterocycles. The van der Waals surface area contributed by atoms with Crippen molar-refractivity contribution in [3.8, 4) is 0 Å². The summed E-state index contributed by atoms with van der Waals surface area (Å²) in [5, 5.41) is 5.24. The number of para-hydroxylation sites is 1. The highest BCUT2D eigenvalue weighted by Gasteiger charge is 2.11. The molecule has 2 N–H and O–H groups in total. The smallest absolute Gasteiger partial charge is 0.319 e. The highest BCUT2D eigenvalue weighted by Crippen LogP contribution is 2.18. The lowest BCUT2D eigenvalue weighted by molar-refractivity contribution is 0.253. The van der Waals surface area contributed by atoms with Crippen molar-refractivity contribution in [2.45, 2.75) is 0 Å². The van der Waals surface area contributed by atoms with Gasteiger partial charge in [0.1, 0.15) is 0 Å². The Kier molecular flexibility index (Phi) is 1.28. The Bertz CT molecular complexity index is 296. The fourth-order valence-corrected chi connectivity index (χ4v) is 1.04. The molecule has 1 aromatic carbocycles. The Labute approximate surface area is 64.4 Å². The molecule has 0 aliphatic carbocycles. The largest absolute Gasteiger partial charge is 0.329 e. The van der Waals surface area contributed by atoms with Gasteiger partial charge in [-0.25, -0.2) is 4.79 Å². The lowest BCUT2D eigenvalue weighted by Gasteiger charge is -2.16. The SMILES string of the molecule is O=C1N[CH]c2ccccc2N1. The first-order valence-corrected chi connectivity index (χ1v) is 3.36. The second-order valence-electron chi connectivity index (χ2n) is 2.33. The number of hydrogen-bond donors (Lipinski definition) is 2. The Morgan fingerprint density at radius 2 is 2.00 bits per heavy atom. The summed E-state index contributed by atoms with van der Waals surface area (Å²) in [5.74, 6) is 0. The van der Waals surface area contributed by atoms with Crippen LogP contribution in [0.4, 0.5) is 10.5 Å². The van der Waals surface area contributed by atoms with Gasteiger partial charge in [-0.1, -0.05) is 18.2 Å². The maximum absolute atomic E-state index is 10.8. The van der Waals surface area contributed by atoms with Gasteiger partial charge < -0.3 is 10.6 Å². The molecule has 0 atom stereocenters. The summed E-state index contributed by atoms with van der Waals surface area (Å²) in [6.45, 7) is 1.69. The predicted octanol–water partition coefficient (Wildman–Crippen LogP) is 1.33. The Morgan fingerprint density at radius 3 is 2.91 bits per heavy atom. The molecule has 0 aromatic heterocycles. The van der Waals surface area contributed by atoms with E-state index in [4.69, 9.17) is 0 Å². The molecule has 0 saturated heterocycles. The van der Waals surface area contributed by atoms with Crippen LogP contribution in [-0.2, 0) is 0 Å². The van der Waals surface area contributed by atoms with E-state index in [2.05, 4.69) is 10.6 Å². The van der Waals surface area contributed by atoms with Crippen molar-refractivity contribution < 1.29 is 4.79 Å². The van der Waals surface area contributed by atoms with Gasteiger partial charge in [0.25, 0.3) is 0 Å². The zero-order valence-electron chi connectivity index (χ0n) is 5.79. The molecule has 0 unspecified atom stereocenters. The summed E-state index contributed by atoms with van der Waals surface area (Å²) in [4.78, 5) is 10.8. The molecule has 2 rings (SSSR count). The average Bonchev–Trinajstić information content (AvgIpc) is 2.04. The Hall–Kier alpha value is -1.51. The van der Waals surface area contributed by atoms with Gasteiger partial charge >= 0.3 is 6.03 Å². The van der Waals surface area contributed by atoms with Crippen molar-refractivity contribution in [2.75, 3.05) is 5.32 Å². The van der Waals surface area contributed by atoms with E-state index in [1.807, 2.05) is 24.3 Å². The average molecular weight is 147 g/mol. The molecule has 3 heteroatoms. The fraction of sp³-hybridized carbons (Fsp3) is 0. The molecule has 1 heterocycles. The van der Waals surface area contributed by atoms with Crippen LogP contribution in [0.2, 0.25) is 0 Å². The molecule has 55 valence electrons. The third kappa shape index (κ3) is 1.05. The number of carbonyl (C=O) groups excluding carboxylic acids is 1. The summed E-state index contributed by atoms with van der Waals surface area (Å²) >= 11 is 0. The minimum atomic E-state index is -0.177. The molecule has 0 fully saturated rings. The van der Waals surface area contributed by atoms with Crippen molar-refractivity contribution >= 4 is 11.7 Å². The number of fused-ring (bicyclic) bond motifs is 1. The molecule has 1 radical (unpaired) electrons. The molecular formula is C8H7N2O. The van der Waals surface area contributed by atoms with Crippen LogP contribution in [0, 0.1) is 6.54 Å². The summed E-state index contributed by atoms with van der Waals surface area (Å²) in [6.07, 6.45) is 0. The van der Waals surface area contributed by atoms with E-state index in [0.717, 1.165) is 11.3 Å². The lowest BCUT2D eigenvalue weighted by atomic mass is 10.1. The number of carbonyl (C=O) groups is 1. The topological polar surface area (TPSA) is 41.1 Å². The molecule has 1 aromatic rings. The minimum Gasteiger partial charge on any atom is -0.329 e. The standard InChI is InChI=1S/C8H7N2O/c11-8-9-5-6-3-1-2-4-7(6)10-8/h1-5H,(H2,9,10,11). The molecular weight excluding hydrogens is 140 g/mol. The van der Waals surface area contributed by atoms with Gasteiger partial charge in [0, 0.05) is 11.3 Å². The molecule has 11 heavy (non-hydrogen) atoms. The number of benzene rings is 1. The van der Waals surface area contributed by atoms with E-state index in [9.17, 15) is 4.79 Å². The van der Waals surface area contributed by atoms with Crippen molar-refractivity contribution in [1.29, 1.82) is 0 Å². The first kappa shape index (κ1) is 6.22. The molecule has 0 bridgehead atoms. The van der Waals surface area contributed by atoms with E-state index in [-0.39, 0.29) is 6.03 Å². The number of rotatable bonds is 0. The van der Waals surface area contributed by atoms with Crippen molar-refractivity contribution in [1.82, 2.24) is 5.32 Å². The van der Waals surface area contributed by atoms with Crippen LogP contribution in [0.1, 0.15) is 5.56 Å². The number of urea groups is 1. The highest BCUT2D eigenvalue weighted by molar-refractivity contribution is 5.93. The zero-order valence-corrected chi connectivity index (χ0v) is 5.79. The van der Waals surface area contributed by atoms with Crippen LogP contribution in [-0.4, -0.2) is 6.03 Å². The van der Waals surface area contributed by atoms with E-state index in [0.29, 0.717) is 0 Å². The van der Waals surface area contributed by atoms with Crippen LogP contribution in [0.3, 0.4) is 0 Å². The Morgan fingerprint density at radius 1 is 1.18 bits per heavy atom. The van der Waals surface area contributed by atoms with E-state index >= 15 is 0 Å². The van der Waals surface area contributed by atoms with Crippen molar-refractivity contribution in [2.24, 2.45) is 0 Å². The summed E-state index contributed by atoms with van der Waals surface area (Å²) in [7, 11) is 0. The molecule has 0 saturated carbocycles. The van der Waals surface area contributed by atoms with Gasteiger partial charge in [0.05, 0.1) is 6.54 Å². The summed E-state index contributed by atoms with van der Waals surface area (Å²) < 4.78 is 0. The van der Waals surface area contributed by atoms with Gasteiger partial charge in [-0.15, -0.1) is 0 Å². The van der Waals surface area contributed by atoms with E-state index in [1.54, 1.807) is 6.54 Å². The number of hydrogen-bond acceptors (Lipinski definition) is 1. The maximum Gasteiger partial charge on any atom is 0.319 e. The first-order chi connectivity index (χ1) is 5.36. The second kappa shape index (κ2) is 2.27. The van der Waals surface area contributed by atoms with Gasteiger partial charge in [-0.05, 0) is 6.07 Å². The van der Waals surface area contributed by atoms with Gasteiger partial charge in [-0.2, -0.15) is 0 Å². The van der Waals surface area contributed by atoms with Gasteiger partial charge in [0.15, 0.2) is 0 Å². The minimum absolute atomic E-state index is 0.177. The van der Waals surface area contributed by atoms with E-state index in [1.165, 1.54) is 0 Å². The number of amides is 2. The third-order valence-corrected chi connectivity index (χ3v) is 1.57. The van der Waals surface area contributed by atoms with Crippen LogP contribution < -0.4 is 10.6 Å². The first-order valence-electron chi connectivity index (χ1n) is 3.36. The van der Waals surface area contributed by atoms with Crippen LogP contribution in [0.15, 0.2) is 24.3 Å². The van der Waals surface area contributed by atoms with E-state index < -0.39 is 0 Å². The maximum atomic E-state index is 10.8. The van der Waals surface area contributed by atoms with Gasteiger partial charge in [-0.3, -0.25) is 0 Å². The summed E-state index contributed by atoms with van der Waals surface area (Å²) in [5.41, 5.74) is 1.86. The predicted molar refractivity (Wildman–Crippen MR) is 42.0 cm³/mol. The van der Waals surface area contributed by atoms with Crippen LogP contribution in [0.25, 0.3) is 0 Å². The molecule has 3 nitrogen and oxygen atoms in total. The second-order valence-corrected chi connectivity index (χ2v) is 2.33. The van der Waals surface area contributed by atoms with Crippen molar-refractivity contribution in [3.05, 3.63) is 36.4 Å². The lowest BCUT2D eigenvalue weighted by Crippen LogP contribution is -2.31. The monoisotopic (exact) mass is 147 g/mol. The Balaban J connectivity index is 2.41. The van der Waals surface area contributed by atoms with Crippen LogP contribution >= 0.6 is 0 Å². The zero-order chi connectivity index (χ0) is 7.68. The molecule has 1 aliphatic rings. The molecule has 2 amide bonds. The highest BCUT2D eigenvalue weighted by atomic mass is 16.2. The fourth-order valence-electron chi connectivity index (χ4n) is 1.04. The quantitative estimate of drug-likeness (QED) is 0.571.